The summed E-state index contributed by atoms with van der Waals surface area (Å²) in [5.41, 5.74) is -5.12. The second kappa shape index (κ2) is 5.82. The maximum absolute atomic E-state index is 14.0. The molecule has 0 saturated carbocycles. The molecule has 0 bridgehead atoms. The van der Waals surface area contributed by atoms with Crippen LogP contribution in [0.2, 0.25) is 0 Å². The van der Waals surface area contributed by atoms with Crippen molar-refractivity contribution < 1.29 is 49.0 Å². The van der Waals surface area contributed by atoms with Gasteiger partial charge in [0.15, 0.2) is 0 Å². The summed E-state index contributed by atoms with van der Waals surface area (Å²) in [5.74, 6) is -12.2. The standard InChI is InChI=1S/C10H13F9O2/c1-4-20-8(14,7(12,13)9(15,16)17)6(3,11)10(18,19)21-5-2/h4-5H2,1-3H3. The molecule has 0 spiro atoms. The van der Waals surface area contributed by atoms with E-state index < -0.39 is 49.9 Å². The molecule has 21 heavy (non-hydrogen) atoms. The van der Waals surface area contributed by atoms with Gasteiger partial charge in [0.05, 0.1) is 6.61 Å². The Balaban J connectivity index is 6.10. The minimum absolute atomic E-state index is 0.488. The molecule has 11 heteroatoms. The monoisotopic (exact) mass is 336 g/mol. The van der Waals surface area contributed by atoms with Crippen LogP contribution in [0.5, 0.6) is 0 Å². The van der Waals surface area contributed by atoms with Crippen molar-refractivity contribution in [1.82, 2.24) is 0 Å². The maximum Gasteiger partial charge on any atom is 0.459 e. The zero-order valence-electron chi connectivity index (χ0n) is 11.1. The first-order chi connectivity index (χ1) is 9.12. The van der Waals surface area contributed by atoms with E-state index in [1.54, 1.807) is 0 Å². The van der Waals surface area contributed by atoms with Gasteiger partial charge >= 0.3 is 24.1 Å². The zero-order chi connectivity index (χ0) is 17.3. The second-order valence-electron chi connectivity index (χ2n) is 4.05. The van der Waals surface area contributed by atoms with Crippen LogP contribution in [0.25, 0.3) is 0 Å². The number of ether oxygens (including phenoxy) is 2. The summed E-state index contributed by atoms with van der Waals surface area (Å²) in [6, 6.07) is 0. The van der Waals surface area contributed by atoms with Crippen molar-refractivity contribution in [3.05, 3.63) is 0 Å². The van der Waals surface area contributed by atoms with E-state index in [2.05, 4.69) is 9.47 Å². The second-order valence-corrected chi connectivity index (χ2v) is 4.05. The maximum atomic E-state index is 14.0. The summed E-state index contributed by atoms with van der Waals surface area (Å²) in [4.78, 5) is 0. The van der Waals surface area contributed by atoms with Gasteiger partial charge in [-0.1, -0.05) is 0 Å². The zero-order valence-corrected chi connectivity index (χ0v) is 11.1. The molecule has 0 aromatic rings. The molecule has 0 N–H and O–H groups in total. The van der Waals surface area contributed by atoms with Crippen LogP contribution in [0.3, 0.4) is 0 Å². The van der Waals surface area contributed by atoms with Crippen molar-refractivity contribution >= 4 is 0 Å². The highest BCUT2D eigenvalue weighted by Crippen LogP contribution is 2.56. The van der Waals surface area contributed by atoms with Crippen LogP contribution in [0.15, 0.2) is 0 Å². The first kappa shape index (κ1) is 20.3. The number of alkyl halides is 9. The van der Waals surface area contributed by atoms with Crippen LogP contribution in [0, 0.1) is 0 Å². The predicted octanol–water partition coefficient (Wildman–Crippen LogP) is 4.24. The van der Waals surface area contributed by atoms with Crippen LogP contribution in [0.4, 0.5) is 39.5 Å². The Hall–Kier alpha value is -0.710. The number of hydrogen-bond donors (Lipinski definition) is 0. The molecule has 0 fully saturated rings. The Kier molecular flexibility index (Phi) is 5.63. The molecule has 0 saturated heterocycles. The predicted molar refractivity (Wildman–Crippen MR) is 52.6 cm³/mol. The smallest absolute Gasteiger partial charge is 0.339 e. The highest BCUT2D eigenvalue weighted by molar-refractivity contribution is 5.07. The van der Waals surface area contributed by atoms with E-state index in [0.717, 1.165) is 13.8 Å². The van der Waals surface area contributed by atoms with Crippen LogP contribution in [-0.2, 0) is 9.47 Å². The van der Waals surface area contributed by atoms with Gasteiger partial charge < -0.3 is 9.47 Å². The van der Waals surface area contributed by atoms with Gasteiger partial charge in [0.2, 0.25) is 0 Å². The Labute approximate surface area is 114 Å². The van der Waals surface area contributed by atoms with Gasteiger partial charge in [-0.2, -0.15) is 30.7 Å². The van der Waals surface area contributed by atoms with Gasteiger partial charge in [-0.25, -0.2) is 8.78 Å². The van der Waals surface area contributed by atoms with Crippen LogP contribution >= 0.6 is 0 Å². The van der Waals surface area contributed by atoms with Crippen LogP contribution < -0.4 is 0 Å². The quantitative estimate of drug-likeness (QED) is 0.648. The van der Waals surface area contributed by atoms with E-state index >= 15 is 0 Å². The van der Waals surface area contributed by atoms with E-state index in [0.29, 0.717) is 0 Å². The van der Waals surface area contributed by atoms with Gasteiger partial charge in [0.25, 0.3) is 5.67 Å². The lowest BCUT2D eigenvalue weighted by molar-refractivity contribution is -0.450. The summed E-state index contributed by atoms with van der Waals surface area (Å²) in [6.45, 7) is -1.06. The molecule has 0 aliphatic heterocycles. The first-order valence-electron chi connectivity index (χ1n) is 5.60. The Bertz CT molecular complexity index is 353. The van der Waals surface area contributed by atoms with Crippen LogP contribution in [-0.4, -0.2) is 42.9 Å². The van der Waals surface area contributed by atoms with Crippen molar-refractivity contribution in [2.75, 3.05) is 13.2 Å². The van der Waals surface area contributed by atoms with Crippen molar-refractivity contribution in [3.63, 3.8) is 0 Å². The molecule has 2 unspecified atom stereocenters. The summed E-state index contributed by atoms with van der Waals surface area (Å²) in [5, 5.41) is 0. The fraction of sp³-hybridized carbons (Fsp3) is 1.00. The molecule has 0 aromatic heterocycles. The lowest BCUT2D eigenvalue weighted by atomic mass is 9.90. The molecule has 2 atom stereocenters. The van der Waals surface area contributed by atoms with Gasteiger partial charge in [-0.15, -0.1) is 0 Å². The number of halogens is 9. The molecule has 0 aromatic carbocycles. The van der Waals surface area contributed by atoms with E-state index in [9.17, 15) is 39.5 Å². The number of rotatable bonds is 7. The third-order valence-electron chi connectivity index (χ3n) is 2.58. The third kappa shape index (κ3) is 3.08. The van der Waals surface area contributed by atoms with Gasteiger partial charge in [0, 0.05) is 6.61 Å². The Morgan fingerprint density at radius 3 is 1.38 bits per heavy atom. The summed E-state index contributed by atoms with van der Waals surface area (Å²) in [7, 11) is 0. The minimum atomic E-state index is -6.66. The molecular formula is C10H13F9O2. The molecule has 2 nitrogen and oxygen atoms in total. The van der Waals surface area contributed by atoms with Gasteiger partial charge in [-0.05, 0) is 20.8 Å². The van der Waals surface area contributed by atoms with E-state index in [1.807, 2.05) is 0 Å². The fourth-order valence-corrected chi connectivity index (χ4v) is 1.41. The van der Waals surface area contributed by atoms with Crippen molar-refractivity contribution in [2.24, 2.45) is 0 Å². The average molecular weight is 336 g/mol. The molecule has 0 heterocycles. The largest absolute Gasteiger partial charge is 0.459 e. The SMILES string of the molecule is CCOC(F)(F)C(C)(F)C(F)(OCC)C(F)(F)C(F)(F)F. The minimum Gasteiger partial charge on any atom is -0.339 e. The Morgan fingerprint density at radius 2 is 1.10 bits per heavy atom. The average Bonchev–Trinajstić information content (AvgIpc) is 2.26. The molecule has 0 rings (SSSR count). The van der Waals surface area contributed by atoms with Gasteiger partial charge in [0.1, 0.15) is 0 Å². The van der Waals surface area contributed by atoms with Crippen molar-refractivity contribution in [2.45, 2.75) is 50.5 Å². The lowest BCUT2D eigenvalue weighted by Crippen LogP contribution is -2.70. The third-order valence-corrected chi connectivity index (χ3v) is 2.58. The topological polar surface area (TPSA) is 18.5 Å². The van der Waals surface area contributed by atoms with Crippen molar-refractivity contribution in [1.29, 1.82) is 0 Å². The van der Waals surface area contributed by atoms with Crippen molar-refractivity contribution in [3.8, 4) is 0 Å². The van der Waals surface area contributed by atoms with E-state index in [1.165, 1.54) is 0 Å². The highest BCUT2D eigenvalue weighted by Gasteiger charge is 2.84. The molecule has 0 radical (unpaired) electrons. The fourth-order valence-electron chi connectivity index (χ4n) is 1.41. The van der Waals surface area contributed by atoms with Crippen LogP contribution in [0.1, 0.15) is 20.8 Å². The summed E-state index contributed by atoms with van der Waals surface area (Å²) in [6.07, 6.45) is -12.0. The molecular weight excluding hydrogens is 323 g/mol. The molecule has 128 valence electrons. The normalized spacial score (nSPS) is 20.0. The molecule has 0 aliphatic carbocycles. The highest BCUT2D eigenvalue weighted by atomic mass is 19.4. The summed E-state index contributed by atoms with van der Waals surface area (Å²) < 4.78 is 125. The summed E-state index contributed by atoms with van der Waals surface area (Å²) >= 11 is 0. The number of hydrogen-bond acceptors (Lipinski definition) is 2. The van der Waals surface area contributed by atoms with E-state index in [-0.39, 0.29) is 0 Å². The first-order valence-corrected chi connectivity index (χ1v) is 5.60. The lowest BCUT2D eigenvalue weighted by Gasteiger charge is -2.43. The van der Waals surface area contributed by atoms with Gasteiger partial charge in [-0.3, -0.25) is 0 Å². The Morgan fingerprint density at radius 1 is 0.714 bits per heavy atom. The van der Waals surface area contributed by atoms with E-state index in [4.69, 9.17) is 0 Å². The molecule has 0 aliphatic rings. The molecule has 0 amide bonds.